The maximum absolute atomic E-state index is 10.7. The Morgan fingerprint density at radius 1 is 0.808 bits per heavy atom. The summed E-state index contributed by atoms with van der Waals surface area (Å²) >= 11 is 0. The van der Waals surface area contributed by atoms with Crippen molar-refractivity contribution in [1.82, 2.24) is 0 Å². The molecule has 1 nitrogen and oxygen atoms in total. The standard InChI is InChI=1S/C25H44O/c1-5-6-7-8-18-10-12-21-20-11-9-19-17-23(2,26)15-16-25(19,4)22(20)13-14-24(18,21)3/h18-22,26H,5-17H2,1-4H3/t18?,19?,20-,21?,22?,23-,24?,25?/m0/s1. The molecule has 0 aliphatic heterocycles. The lowest BCUT2D eigenvalue weighted by atomic mass is 9.44. The minimum absolute atomic E-state index is 0.391. The SMILES string of the molecule is CCCCCC1CCC2[C@@H]3CCC4C[C@@](C)(O)CCC4(C)C3CCC12C. The molecule has 150 valence electrons. The number of unbranched alkanes of at least 4 members (excludes halogenated alkanes) is 2. The molecule has 0 aromatic rings. The first-order valence-electron chi connectivity index (χ1n) is 12.0. The zero-order valence-electron chi connectivity index (χ0n) is 18.0. The number of rotatable bonds is 4. The number of fused-ring (bicyclic) bond motifs is 5. The van der Waals surface area contributed by atoms with E-state index >= 15 is 0 Å². The van der Waals surface area contributed by atoms with Gasteiger partial charge in [-0.2, -0.15) is 0 Å². The molecule has 0 aromatic carbocycles. The second-order valence-corrected chi connectivity index (χ2v) is 11.7. The number of hydrogen-bond acceptors (Lipinski definition) is 1. The normalized spacial score (nSPS) is 53.7. The van der Waals surface area contributed by atoms with Crippen LogP contribution in [0.3, 0.4) is 0 Å². The molecule has 8 atom stereocenters. The molecule has 0 heterocycles. The van der Waals surface area contributed by atoms with E-state index in [1.807, 2.05) is 0 Å². The number of hydrogen-bond donors (Lipinski definition) is 1. The van der Waals surface area contributed by atoms with Crippen LogP contribution in [0.2, 0.25) is 0 Å². The third-order valence-electron chi connectivity index (χ3n) is 10.3. The lowest BCUT2D eigenvalue weighted by molar-refractivity contribution is -0.146. The molecule has 4 aliphatic carbocycles. The Morgan fingerprint density at radius 2 is 1.58 bits per heavy atom. The quantitative estimate of drug-likeness (QED) is 0.536. The molecule has 0 aromatic heterocycles. The fourth-order valence-corrected chi connectivity index (χ4v) is 8.65. The van der Waals surface area contributed by atoms with E-state index in [1.165, 1.54) is 70.6 Å². The van der Waals surface area contributed by atoms with Crippen LogP contribution in [-0.2, 0) is 0 Å². The van der Waals surface area contributed by atoms with E-state index in [9.17, 15) is 5.11 Å². The highest BCUT2D eigenvalue weighted by atomic mass is 16.3. The van der Waals surface area contributed by atoms with Crippen molar-refractivity contribution in [3.05, 3.63) is 0 Å². The predicted octanol–water partition coefficient (Wildman–Crippen LogP) is 6.98. The molecule has 4 saturated carbocycles. The molecular formula is C25H44O. The summed E-state index contributed by atoms with van der Waals surface area (Å²) in [6, 6.07) is 0. The average molecular weight is 361 g/mol. The van der Waals surface area contributed by atoms with E-state index < -0.39 is 5.60 Å². The third-order valence-corrected chi connectivity index (χ3v) is 10.3. The largest absolute Gasteiger partial charge is 0.390 e. The monoisotopic (exact) mass is 360 g/mol. The highest BCUT2D eigenvalue weighted by molar-refractivity contribution is 5.10. The Bertz CT molecular complexity index is 510. The summed E-state index contributed by atoms with van der Waals surface area (Å²) < 4.78 is 0. The summed E-state index contributed by atoms with van der Waals surface area (Å²) in [4.78, 5) is 0. The molecule has 0 amide bonds. The minimum Gasteiger partial charge on any atom is -0.390 e. The Hall–Kier alpha value is -0.0400. The Balaban J connectivity index is 1.50. The van der Waals surface area contributed by atoms with Gasteiger partial charge in [0.1, 0.15) is 0 Å². The van der Waals surface area contributed by atoms with Gasteiger partial charge in [0, 0.05) is 0 Å². The van der Waals surface area contributed by atoms with E-state index in [4.69, 9.17) is 0 Å². The van der Waals surface area contributed by atoms with E-state index in [0.717, 1.165) is 42.4 Å². The van der Waals surface area contributed by atoms with Gasteiger partial charge in [0.15, 0.2) is 0 Å². The van der Waals surface area contributed by atoms with E-state index in [2.05, 4.69) is 27.7 Å². The van der Waals surface area contributed by atoms with E-state index in [-0.39, 0.29) is 0 Å². The van der Waals surface area contributed by atoms with Gasteiger partial charge in [0.25, 0.3) is 0 Å². The Kier molecular flexibility index (Phi) is 5.03. The van der Waals surface area contributed by atoms with Gasteiger partial charge in [-0.05, 0) is 112 Å². The van der Waals surface area contributed by atoms with Crippen molar-refractivity contribution in [2.45, 2.75) is 117 Å². The van der Waals surface area contributed by atoms with Crippen LogP contribution in [0.15, 0.2) is 0 Å². The van der Waals surface area contributed by atoms with Crippen LogP contribution in [0, 0.1) is 40.4 Å². The lowest BCUT2D eigenvalue weighted by Gasteiger charge is -2.62. The smallest absolute Gasteiger partial charge is 0.0622 e. The molecule has 0 bridgehead atoms. The second-order valence-electron chi connectivity index (χ2n) is 11.7. The predicted molar refractivity (Wildman–Crippen MR) is 110 cm³/mol. The number of aliphatic hydroxyl groups is 1. The van der Waals surface area contributed by atoms with Crippen molar-refractivity contribution in [1.29, 1.82) is 0 Å². The van der Waals surface area contributed by atoms with Gasteiger partial charge < -0.3 is 5.11 Å². The highest BCUT2D eigenvalue weighted by Gasteiger charge is 2.60. The van der Waals surface area contributed by atoms with Gasteiger partial charge >= 0.3 is 0 Å². The molecule has 1 heteroatoms. The van der Waals surface area contributed by atoms with Crippen LogP contribution in [0.4, 0.5) is 0 Å². The zero-order valence-corrected chi connectivity index (χ0v) is 18.0. The fraction of sp³-hybridized carbons (Fsp3) is 1.00. The molecule has 4 rings (SSSR count). The van der Waals surface area contributed by atoms with Crippen molar-refractivity contribution in [2.24, 2.45) is 40.4 Å². The highest BCUT2D eigenvalue weighted by Crippen LogP contribution is 2.68. The summed E-state index contributed by atoms with van der Waals surface area (Å²) in [5.41, 5.74) is 0.781. The van der Waals surface area contributed by atoms with Crippen molar-refractivity contribution in [3.8, 4) is 0 Å². The molecule has 0 saturated heterocycles. The van der Waals surface area contributed by atoms with Crippen molar-refractivity contribution >= 4 is 0 Å². The lowest BCUT2D eigenvalue weighted by Crippen LogP contribution is -2.55. The maximum Gasteiger partial charge on any atom is 0.0622 e. The molecule has 26 heavy (non-hydrogen) atoms. The van der Waals surface area contributed by atoms with Gasteiger partial charge in [-0.25, -0.2) is 0 Å². The molecular weight excluding hydrogens is 316 g/mol. The van der Waals surface area contributed by atoms with Crippen LogP contribution in [0.5, 0.6) is 0 Å². The zero-order chi connectivity index (χ0) is 18.6. The minimum atomic E-state index is -0.391. The van der Waals surface area contributed by atoms with Gasteiger partial charge in [-0.15, -0.1) is 0 Å². The van der Waals surface area contributed by atoms with Crippen LogP contribution >= 0.6 is 0 Å². The first kappa shape index (κ1) is 19.3. The second kappa shape index (κ2) is 6.78. The molecule has 4 aliphatic rings. The summed E-state index contributed by atoms with van der Waals surface area (Å²) in [6.45, 7) is 9.75. The van der Waals surface area contributed by atoms with Gasteiger partial charge in [-0.3, -0.25) is 0 Å². The van der Waals surface area contributed by atoms with Crippen LogP contribution in [0.1, 0.15) is 111 Å². The fourth-order valence-electron chi connectivity index (χ4n) is 8.65. The van der Waals surface area contributed by atoms with Crippen molar-refractivity contribution in [3.63, 3.8) is 0 Å². The van der Waals surface area contributed by atoms with Gasteiger partial charge in [0.05, 0.1) is 5.60 Å². The summed E-state index contributed by atoms with van der Waals surface area (Å²) in [5.74, 6) is 4.74. The van der Waals surface area contributed by atoms with Crippen LogP contribution < -0.4 is 0 Å². The van der Waals surface area contributed by atoms with Gasteiger partial charge in [0.2, 0.25) is 0 Å². The molecule has 1 N–H and O–H groups in total. The van der Waals surface area contributed by atoms with E-state index in [1.54, 1.807) is 0 Å². The Morgan fingerprint density at radius 3 is 2.35 bits per heavy atom. The summed E-state index contributed by atoms with van der Waals surface area (Å²) in [5, 5.41) is 10.7. The molecule has 0 radical (unpaired) electrons. The molecule has 0 spiro atoms. The molecule has 4 fully saturated rings. The molecule has 6 unspecified atom stereocenters. The van der Waals surface area contributed by atoms with E-state index in [0.29, 0.717) is 10.8 Å². The summed E-state index contributed by atoms with van der Waals surface area (Å²) in [7, 11) is 0. The Labute approximate surface area is 162 Å². The van der Waals surface area contributed by atoms with Gasteiger partial charge in [-0.1, -0.05) is 40.0 Å². The topological polar surface area (TPSA) is 20.2 Å². The average Bonchev–Trinajstić information content (AvgIpc) is 2.92. The first-order chi connectivity index (χ1) is 12.3. The first-order valence-corrected chi connectivity index (χ1v) is 12.0. The maximum atomic E-state index is 10.7. The van der Waals surface area contributed by atoms with Crippen LogP contribution in [-0.4, -0.2) is 10.7 Å². The third kappa shape index (κ3) is 2.99. The summed E-state index contributed by atoms with van der Waals surface area (Å²) in [6.07, 6.45) is 18.0. The van der Waals surface area contributed by atoms with Crippen molar-refractivity contribution in [2.75, 3.05) is 0 Å². The van der Waals surface area contributed by atoms with Crippen molar-refractivity contribution < 1.29 is 5.11 Å². The van der Waals surface area contributed by atoms with Crippen LogP contribution in [0.25, 0.3) is 0 Å².